The Bertz CT molecular complexity index is 442. The third-order valence-corrected chi connectivity index (χ3v) is 4.81. The molecule has 1 unspecified atom stereocenters. The van der Waals surface area contributed by atoms with Gasteiger partial charge in [0.2, 0.25) is 0 Å². The van der Waals surface area contributed by atoms with E-state index >= 15 is 0 Å². The van der Waals surface area contributed by atoms with Crippen molar-refractivity contribution in [3.05, 3.63) is 23.9 Å². The summed E-state index contributed by atoms with van der Waals surface area (Å²) >= 11 is 0. The molecule has 0 spiro atoms. The molecule has 1 aromatic rings. The Hall–Kier alpha value is -1.09. The molecule has 1 aromatic heterocycles. The summed E-state index contributed by atoms with van der Waals surface area (Å²) < 4.78 is 0. The van der Waals surface area contributed by atoms with Gasteiger partial charge in [0.05, 0.1) is 0 Å². The van der Waals surface area contributed by atoms with E-state index in [1.54, 1.807) is 0 Å². The number of piperidine rings is 1. The fourth-order valence-electron chi connectivity index (χ4n) is 3.39. The van der Waals surface area contributed by atoms with E-state index in [0.717, 1.165) is 25.6 Å². The van der Waals surface area contributed by atoms with Crippen molar-refractivity contribution in [2.75, 3.05) is 24.5 Å². The quantitative estimate of drug-likeness (QED) is 0.907. The van der Waals surface area contributed by atoms with Crippen LogP contribution in [-0.2, 0) is 0 Å². The first kappa shape index (κ1) is 16.3. The van der Waals surface area contributed by atoms with Gasteiger partial charge in [0.1, 0.15) is 5.82 Å². The zero-order valence-corrected chi connectivity index (χ0v) is 14.3. The molecule has 118 valence electrons. The van der Waals surface area contributed by atoms with Crippen LogP contribution in [0.15, 0.2) is 18.3 Å². The Morgan fingerprint density at radius 3 is 2.57 bits per heavy atom. The molecule has 1 aliphatic rings. The van der Waals surface area contributed by atoms with Crippen LogP contribution in [0, 0.1) is 11.3 Å². The first-order valence-corrected chi connectivity index (χ1v) is 8.36. The maximum absolute atomic E-state index is 4.68. The third-order valence-electron chi connectivity index (χ3n) is 4.81. The maximum atomic E-state index is 4.68. The molecular formula is C18H31N3. The summed E-state index contributed by atoms with van der Waals surface area (Å²) in [5.41, 5.74) is 1.75. The van der Waals surface area contributed by atoms with Crippen LogP contribution in [0.5, 0.6) is 0 Å². The Labute approximate surface area is 130 Å². The van der Waals surface area contributed by atoms with Crippen molar-refractivity contribution in [3.63, 3.8) is 0 Å². The van der Waals surface area contributed by atoms with E-state index in [2.05, 4.69) is 62.0 Å². The van der Waals surface area contributed by atoms with Gasteiger partial charge in [0.15, 0.2) is 0 Å². The van der Waals surface area contributed by atoms with Gasteiger partial charge in [0, 0.05) is 30.9 Å². The lowest BCUT2D eigenvalue weighted by atomic mass is 9.75. The molecule has 0 saturated carbocycles. The Balaban J connectivity index is 2.10. The number of anilines is 1. The number of hydrogen-bond donors (Lipinski definition) is 1. The summed E-state index contributed by atoms with van der Waals surface area (Å²) in [7, 11) is 0. The van der Waals surface area contributed by atoms with Gasteiger partial charge >= 0.3 is 0 Å². The lowest BCUT2D eigenvalue weighted by Gasteiger charge is -2.40. The Morgan fingerprint density at radius 2 is 2.00 bits per heavy atom. The zero-order chi connectivity index (χ0) is 15.5. The predicted octanol–water partition coefficient (Wildman–Crippen LogP) is 4.01. The highest BCUT2D eigenvalue weighted by molar-refractivity contribution is 5.48. The van der Waals surface area contributed by atoms with E-state index in [4.69, 9.17) is 0 Å². The predicted molar refractivity (Wildman–Crippen MR) is 90.7 cm³/mol. The van der Waals surface area contributed by atoms with E-state index in [0.29, 0.717) is 11.5 Å². The van der Waals surface area contributed by atoms with Crippen molar-refractivity contribution >= 4 is 5.82 Å². The summed E-state index contributed by atoms with van der Waals surface area (Å²) in [5.74, 6) is 2.01. The van der Waals surface area contributed by atoms with Crippen molar-refractivity contribution in [2.45, 2.75) is 53.5 Å². The van der Waals surface area contributed by atoms with Crippen LogP contribution in [0.1, 0.15) is 59.1 Å². The molecule has 2 rings (SSSR count). The number of nitrogens with zero attached hydrogens (tertiary/aromatic N) is 2. The van der Waals surface area contributed by atoms with Gasteiger partial charge < -0.3 is 10.2 Å². The second kappa shape index (κ2) is 6.78. The van der Waals surface area contributed by atoms with Gasteiger partial charge in [-0.1, -0.05) is 33.8 Å². The molecule has 3 nitrogen and oxygen atoms in total. The maximum Gasteiger partial charge on any atom is 0.133 e. The van der Waals surface area contributed by atoms with Crippen molar-refractivity contribution in [3.8, 4) is 0 Å². The van der Waals surface area contributed by atoms with Crippen molar-refractivity contribution in [1.29, 1.82) is 0 Å². The molecule has 21 heavy (non-hydrogen) atoms. The van der Waals surface area contributed by atoms with Crippen molar-refractivity contribution in [1.82, 2.24) is 10.3 Å². The Morgan fingerprint density at radius 1 is 1.33 bits per heavy atom. The minimum absolute atomic E-state index is 0.360. The molecule has 1 aliphatic heterocycles. The number of hydrogen-bond acceptors (Lipinski definition) is 3. The van der Waals surface area contributed by atoms with Crippen LogP contribution in [0.3, 0.4) is 0 Å². The van der Waals surface area contributed by atoms with E-state index in [9.17, 15) is 0 Å². The topological polar surface area (TPSA) is 28.2 Å². The van der Waals surface area contributed by atoms with Crippen LogP contribution in [0.25, 0.3) is 0 Å². The SMILES string of the molecule is CCNC(C)c1cccnc1N1CCC(C(C)(C)C)CC1. The first-order chi connectivity index (χ1) is 9.93. The van der Waals surface area contributed by atoms with Gasteiger partial charge in [-0.25, -0.2) is 4.98 Å². The summed E-state index contributed by atoms with van der Waals surface area (Å²) in [6.45, 7) is 14.7. The third kappa shape index (κ3) is 3.97. The second-order valence-corrected chi connectivity index (χ2v) is 7.32. The molecule has 3 heteroatoms. The molecule has 0 aliphatic carbocycles. The fraction of sp³-hybridized carbons (Fsp3) is 0.722. The van der Waals surface area contributed by atoms with Gasteiger partial charge in [-0.15, -0.1) is 0 Å². The van der Waals surface area contributed by atoms with E-state index < -0.39 is 0 Å². The van der Waals surface area contributed by atoms with Crippen LogP contribution in [0.2, 0.25) is 0 Å². The molecule has 0 amide bonds. The van der Waals surface area contributed by atoms with Gasteiger partial charge in [-0.2, -0.15) is 0 Å². The monoisotopic (exact) mass is 289 g/mol. The normalized spacial score (nSPS) is 18.8. The van der Waals surface area contributed by atoms with Gasteiger partial charge in [-0.05, 0) is 43.7 Å². The molecule has 1 fully saturated rings. The standard InChI is InChI=1S/C18H31N3/c1-6-19-14(2)16-8-7-11-20-17(16)21-12-9-15(10-13-21)18(3,4)5/h7-8,11,14-15,19H,6,9-10,12-13H2,1-5H3. The van der Waals surface area contributed by atoms with Crippen LogP contribution in [-0.4, -0.2) is 24.6 Å². The lowest BCUT2D eigenvalue weighted by Crippen LogP contribution is -2.39. The van der Waals surface area contributed by atoms with E-state index in [1.807, 2.05) is 6.20 Å². The molecule has 1 saturated heterocycles. The van der Waals surface area contributed by atoms with Crippen LogP contribution < -0.4 is 10.2 Å². The fourth-order valence-corrected chi connectivity index (χ4v) is 3.39. The zero-order valence-electron chi connectivity index (χ0n) is 14.3. The summed E-state index contributed by atoms with van der Waals surface area (Å²) in [4.78, 5) is 7.16. The van der Waals surface area contributed by atoms with E-state index in [-0.39, 0.29) is 0 Å². The number of rotatable bonds is 4. The minimum Gasteiger partial charge on any atom is -0.356 e. The number of aromatic nitrogens is 1. The Kier molecular flexibility index (Phi) is 5.26. The van der Waals surface area contributed by atoms with Crippen LogP contribution >= 0.6 is 0 Å². The highest BCUT2D eigenvalue weighted by atomic mass is 15.2. The molecule has 2 heterocycles. The molecule has 0 bridgehead atoms. The summed E-state index contributed by atoms with van der Waals surface area (Å²) in [6.07, 6.45) is 4.47. The molecule has 1 N–H and O–H groups in total. The largest absolute Gasteiger partial charge is 0.356 e. The highest BCUT2D eigenvalue weighted by Crippen LogP contribution is 2.36. The number of nitrogens with one attached hydrogen (secondary N) is 1. The summed E-state index contributed by atoms with van der Waals surface area (Å²) in [5, 5.41) is 3.51. The van der Waals surface area contributed by atoms with Crippen LogP contribution in [0.4, 0.5) is 5.82 Å². The average Bonchev–Trinajstić information content (AvgIpc) is 2.47. The lowest BCUT2D eigenvalue weighted by molar-refractivity contribution is 0.198. The minimum atomic E-state index is 0.360. The van der Waals surface area contributed by atoms with Gasteiger partial charge in [0.25, 0.3) is 0 Å². The number of pyridine rings is 1. The highest BCUT2D eigenvalue weighted by Gasteiger charge is 2.30. The molecule has 1 atom stereocenters. The van der Waals surface area contributed by atoms with Gasteiger partial charge in [-0.3, -0.25) is 0 Å². The average molecular weight is 289 g/mol. The summed E-state index contributed by atoms with van der Waals surface area (Å²) in [6, 6.07) is 4.62. The van der Waals surface area contributed by atoms with E-state index in [1.165, 1.54) is 24.2 Å². The first-order valence-electron chi connectivity index (χ1n) is 8.36. The van der Waals surface area contributed by atoms with Crippen molar-refractivity contribution in [2.24, 2.45) is 11.3 Å². The molecule has 0 radical (unpaired) electrons. The smallest absolute Gasteiger partial charge is 0.133 e. The molecular weight excluding hydrogens is 258 g/mol. The molecule has 0 aromatic carbocycles. The van der Waals surface area contributed by atoms with Crippen molar-refractivity contribution < 1.29 is 0 Å². The second-order valence-electron chi connectivity index (χ2n) is 7.32.